The Bertz CT molecular complexity index is 1770. The van der Waals surface area contributed by atoms with Crippen LogP contribution in [-0.4, -0.2) is 27.3 Å². The molecule has 0 saturated carbocycles. The third-order valence-corrected chi connectivity index (χ3v) is 9.41. The van der Waals surface area contributed by atoms with E-state index in [9.17, 15) is 14.0 Å². The molecule has 0 bridgehead atoms. The number of amides is 2. The van der Waals surface area contributed by atoms with Gasteiger partial charge < -0.3 is 5.32 Å². The number of halogens is 2. The molecule has 0 radical (unpaired) electrons. The highest BCUT2D eigenvalue weighted by molar-refractivity contribution is 6.08. The number of hydrogen-bond donors (Lipinski definition) is 1. The summed E-state index contributed by atoms with van der Waals surface area (Å²) in [7, 11) is 0. The average molecular weight is 593 g/mol. The molecule has 0 unspecified atom stereocenters. The van der Waals surface area contributed by atoms with Gasteiger partial charge in [0.2, 0.25) is 11.8 Å². The summed E-state index contributed by atoms with van der Waals surface area (Å²) in [5.74, 6) is -3.21. The van der Waals surface area contributed by atoms with Gasteiger partial charge in [-0.15, -0.1) is 0 Å². The van der Waals surface area contributed by atoms with Gasteiger partial charge in [-0.1, -0.05) is 48.5 Å². The number of pyridine rings is 2. The summed E-state index contributed by atoms with van der Waals surface area (Å²) in [5.41, 5.74) is 3.17. The molecule has 3 aliphatic rings. The lowest BCUT2D eigenvalue weighted by Crippen LogP contribution is -2.44. The van der Waals surface area contributed by atoms with Crippen LogP contribution in [0.25, 0.3) is 0 Å². The first-order valence-corrected chi connectivity index (χ1v) is 15.2. The average Bonchev–Trinajstić information content (AvgIpc) is 3.43. The molecule has 1 spiro atoms. The monoisotopic (exact) mass is 592 g/mol. The van der Waals surface area contributed by atoms with Gasteiger partial charge in [-0.2, -0.15) is 0 Å². The summed E-state index contributed by atoms with van der Waals surface area (Å²) in [6, 6.07) is 19.2. The van der Waals surface area contributed by atoms with Crippen molar-refractivity contribution in [2.75, 3.05) is 4.90 Å². The second-order valence-corrected chi connectivity index (χ2v) is 13.3. The van der Waals surface area contributed by atoms with Crippen molar-refractivity contribution >= 4 is 17.6 Å². The Balaban J connectivity index is 1.38. The van der Waals surface area contributed by atoms with Crippen LogP contribution in [-0.2, 0) is 27.8 Å². The molecule has 44 heavy (non-hydrogen) atoms. The highest BCUT2D eigenvalue weighted by atomic mass is 19.2. The minimum atomic E-state index is -0.958. The van der Waals surface area contributed by atoms with Crippen molar-refractivity contribution in [3.63, 3.8) is 0 Å². The number of hydrogen-bond acceptors (Lipinski definition) is 4. The molecule has 2 amide bonds. The summed E-state index contributed by atoms with van der Waals surface area (Å²) >= 11 is 0. The van der Waals surface area contributed by atoms with Crippen molar-refractivity contribution in [2.24, 2.45) is 0 Å². The lowest BCUT2D eigenvalue weighted by Gasteiger charge is -2.31. The van der Waals surface area contributed by atoms with Gasteiger partial charge in [0, 0.05) is 29.4 Å². The molecular weight excluding hydrogens is 558 g/mol. The highest BCUT2D eigenvalue weighted by Crippen LogP contribution is 2.54. The zero-order valence-electron chi connectivity index (χ0n) is 25.0. The second-order valence-electron chi connectivity index (χ2n) is 13.3. The number of fused-ring (bicyclic) bond motifs is 4. The fourth-order valence-electron chi connectivity index (χ4n) is 7.64. The Hall–Kier alpha value is -4.46. The topological polar surface area (TPSA) is 75.2 Å². The van der Waals surface area contributed by atoms with E-state index < -0.39 is 40.5 Å². The Morgan fingerprint density at radius 2 is 1.57 bits per heavy atom. The lowest BCUT2D eigenvalue weighted by molar-refractivity contribution is -0.125. The zero-order valence-corrected chi connectivity index (χ0v) is 25.0. The summed E-state index contributed by atoms with van der Waals surface area (Å²) in [4.78, 5) is 40.2. The van der Waals surface area contributed by atoms with E-state index in [0.29, 0.717) is 42.8 Å². The minimum absolute atomic E-state index is 0.0462. The van der Waals surface area contributed by atoms with Crippen LogP contribution in [0.2, 0.25) is 0 Å². The van der Waals surface area contributed by atoms with Crippen molar-refractivity contribution in [1.82, 2.24) is 15.3 Å². The van der Waals surface area contributed by atoms with E-state index in [1.807, 2.05) is 51.1 Å². The molecule has 2 aromatic heterocycles. The van der Waals surface area contributed by atoms with Gasteiger partial charge in [-0.05, 0) is 86.9 Å². The first-order valence-electron chi connectivity index (χ1n) is 15.2. The molecule has 4 aromatic rings. The van der Waals surface area contributed by atoms with E-state index in [4.69, 9.17) is 9.97 Å². The smallest absolute Gasteiger partial charge is 0.240 e. The molecule has 0 fully saturated rings. The quantitative estimate of drug-likeness (QED) is 0.277. The molecule has 224 valence electrons. The van der Waals surface area contributed by atoms with E-state index in [-0.39, 0.29) is 17.4 Å². The predicted octanol–water partition coefficient (Wildman–Crippen LogP) is 6.46. The summed E-state index contributed by atoms with van der Waals surface area (Å²) in [6.07, 6.45) is 5.21. The van der Waals surface area contributed by atoms with Crippen LogP contribution < -0.4 is 10.2 Å². The molecular formula is C36H34F2N4O2. The second kappa shape index (κ2) is 10.3. The largest absolute Gasteiger partial charge is 0.351 e. The van der Waals surface area contributed by atoms with Crippen LogP contribution in [0.15, 0.2) is 79.1 Å². The number of nitrogens with one attached hydrogen (secondary N) is 1. The maximum absolute atomic E-state index is 15.5. The van der Waals surface area contributed by atoms with Crippen LogP contribution in [0.3, 0.4) is 0 Å². The maximum atomic E-state index is 15.5. The number of nitrogens with zero attached hydrogens (tertiary/aromatic N) is 3. The van der Waals surface area contributed by atoms with Crippen molar-refractivity contribution < 1.29 is 18.4 Å². The van der Waals surface area contributed by atoms with Gasteiger partial charge in [0.25, 0.3) is 0 Å². The molecule has 3 atom stereocenters. The van der Waals surface area contributed by atoms with E-state index in [1.54, 1.807) is 29.4 Å². The number of aromatic nitrogens is 2. The fourth-order valence-corrected chi connectivity index (χ4v) is 7.64. The predicted molar refractivity (Wildman–Crippen MR) is 163 cm³/mol. The Kier molecular flexibility index (Phi) is 6.64. The molecule has 7 rings (SSSR count). The van der Waals surface area contributed by atoms with Crippen LogP contribution in [0.4, 0.5) is 14.6 Å². The normalized spacial score (nSPS) is 21.9. The van der Waals surface area contributed by atoms with E-state index in [2.05, 4.69) is 17.4 Å². The minimum Gasteiger partial charge on any atom is -0.351 e. The number of anilines is 1. The lowest BCUT2D eigenvalue weighted by atomic mass is 9.79. The van der Waals surface area contributed by atoms with Crippen LogP contribution in [0.5, 0.6) is 0 Å². The zero-order chi connectivity index (χ0) is 30.8. The molecule has 3 heterocycles. The molecule has 1 N–H and O–H groups in total. The Labute approximate surface area is 255 Å². The molecule has 2 aliphatic carbocycles. The summed E-state index contributed by atoms with van der Waals surface area (Å²) in [5, 5.41) is 3.07. The van der Waals surface area contributed by atoms with Gasteiger partial charge in [0.05, 0.1) is 23.1 Å². The van der Waals surface area contributed by atoms with Gasteiger partial charge in [0.1, 0.15) is 5.82 Å². The van der Waals surface area contributed by atoms with Gasteiger partial charge >= 0.3 is 0 Å². The molecule has 2 aromatic carbocycles. The Morgan fingerprint density at radius 3 is 2.30 bits per heavy atom. The fraction of sp³-hybridized carbons (Fsp3) is 0.333. The SMILES string of the molecule is CC(C)(C)NC(=O)[C@@H]1c2cccnc2[C@H](N2C(=O)C3(Cc4ccccc4C3)c3cccnc32)CC[C@@H]1c1cccc(F)c1F. The van der Waals surface area contributed by atoms with Gasteiger partial charge in [0.15, 0.2) is 11.6 Å². The molecule has 6 nitrogen and oxygen atoms in total. The van der Waals surface area contributed by atoms with Crippen molar-refractivity contribution in [1.29, 1.82) is 0 Å². The number of carbonyl (C=O) groups excluding carboxylic acids is 2. The molecule has 0 saturated heterocycles. The number of carbonyl (C=O) groups is 2. The summed E-state index contributed by atoms with van der Waals surface area (Å²) < 4.78 is 30.1. The van der Waals surface area contributed by atoms with E-state index in [0.717, 1.165) is 22.8 Å². The van der Waals surface area contributed by atoms with Crippen molar-refractivity contribution in [2.45, 2.75) is 75.3 Å². The Morgan fingerprint density at radius 1 is 0.886 bits per heavy atom. The number of benzene rings is 2. The van der Waals surface area contributed by atoms with Gasteiger partial charge in [-0.3, -0.25) is 19.5 Å². The van der Waals surface area contributed by atoms with Crippen LogP contribution in [0, 0.1) is 11.6 Å². The summed E-state index contributed by atoms with van der Waals surface area (Å²) in [6.45, 7) is 5.66. The van der Waals surface area contributed by atoms with Gasteiger partial charge in [-0.25, -0.2) is 13.8 Å². The molecule has 8 heteroatoms. The third kappa shape index (κ3) is 4.42. The molecule has 1 aliphatic heterocycles. The van der Waals surface area contributed by atoms with Crippen molar-refractivity contribution in [3.05, 3.63) is 124 Å². The first-order chi connectivity index (χ1) is 21.1. The third-order valence-electron chi connectivity index (χ3n) is 9.41. The van der Waals surface area contributed by atoms with Crippen LogP contribution in [0.1, 0.15) is 85.0 Å². The van der Waals surface area contributed by atoms with Crippen molar-refractivity contribution in [3.8, 4) is 0 Å². The standard InChI is InChI=1S/C36H34F2N4O2/c1-35(2,3)41-33(43)29-23(24-11-6-14-27(37)30(24)38)15-16-28(31-25(29)12-7-17-39-31)42-32-26(13-8-18-40-32)36(34(42)44)19-21-9-4-5-10-22(21)20-36/h4-14,17-18,23,28-29H,15-16,19-20H2,1-3H3,(H,41,43)/t23-,28-,29+/m1/s1. The first kappa shape index (κ1) is 28.3. The highest BCUT2D eigenvalue weighted by Gasteiger charge is 2.57. The van der Waals surface area contributed by atoms with Crippen LogP contribution >= 0.6 is 0 Å². The maximum Gasteiger partial charge on any atom is 0.240 e. The van der Waals surface area contributed by atoms with E-state index >= 15 is 4.39 Å². The number of rotatable bonds is 3. The van der Waals surface area contributed by atoms with E-state index in [1.165, 1.54) is 6.07 Å².